The minimum atomic E-state index is 0.506. The van der Waals surface area contributed by atoms with Gasteiger partial charge in [-0.2, -0.15) is 9.97 Å². The van der Waals surface area contributed by atoms with Crippen molar-refractivity contribution in [2.45, 2.75) is 45.2 Å². The van der Waals surface area contributed by atoms with E-state index in [2.05, 4.69) is 55.7 Å². The summed E-state index contributed by atoms with van der Waals surface area (Å²) in [5.41, 5.74) is 3.87. The molecule has 3 aromatic rings. The zero-order valence-corrected chi connectivity index (χ0v) is 20.2. The van der Waals surface area contributed by atoms with Crippen molar-refractivity contribution in [2.24, 2.45) is 0 Å². The van der Waals surface area contributed by atoms with E-state index < -0.39 is 0 Å². The lowest BCUT2D eigenvalue weighted by atomic mass is 10.00. The van der Waals surface area contributed by atoms with E-state index in [0.717, 1.165) is 49.8 Å². The lowest BCUT2D eigenvalue weighted by Crippen LogP contribution is -2.33. The topological polar surface area (TPSA) is 69.2 Å². The Bertz CT molecular complexity index is 1110. The molecule has 0 saturated carbocycles. The van der Waals surface area contributed by atoms with Crippen LogP contribution in [0.3, 0.4) is 0 Å². The number of benzene rings is 1. The first-order valence-corrected chi connectivity index (χ1v) is 12.5. The Morgan fingerprint density at radius 2 is 1.65 bits per heavy atom. The smallest absolute Gasteiger partial charge is 0.232 e. The molecule has 1 aromatic carbocycles. The highest BCUT2D eigenvalue weighted by atomic mass is 32.1. The predicted molar refractivity (Wildman–Crippen MR) is 141 cm³/mol. The maximum Gasteiger partial charge on any atom is 0.232 e. The van der Waals surface area contributed by atoms with Crippen LogP contribution in [0.15, 0.2) is 54.9 Å². The maximum absolute atomic E-state index is 5.56. The van der Waals surface area contributed by atoms with Crippen LogP contribution in [0.1, 0.15) is 42.4 Å². The van der Waals surface area contributed by atoms with Gasteiger partial charge in [-0.05, 0) is 54.2 Å². The summed E-state index contributed by atoms with van der Waals surface area (Å²) >= 11 is 5.56. The van der Waals surface area contributed by atoms with Gasteiger partial charge < -0.3 is 20.4 Å². The Kier molecular flexibility index (Phi) is 7.14. The summed E-state index contributed by atoms with van der Waals surface area (Å²) in [5, 5.41) is 6.98. The number of nitrogens with zero attached hydrogens (tertiary/aromatic N) is 5. The molecule has 1 saturated heterocycles. The molecule has 0 spiro atoms. The van der Waals surface area contributed by atoms with E-state index in [4.69, 9.17) is 22.2 Å². The van der Waals surface area contributed by atoms with Gasteiger partial charge in [-0.25, -0.2) is 0 Å². The van der Waals surface area contributed by atoms with Crippen molar-refractivity contribution in [3.05, 3.63) is 71.5 Å². The van der Waals surface area contributed by atoms with Gasteiger partial charge in [-0.1, -0.05) is 43.2 Å². The Labute approximate surface area is 206 Å². The largest absolute Gasteiger partial charge is 0.358 e. The zero-order chi connectivity index (χ0) is 23.2. The Balaban J connectivity index is 1.36. The van der Waals surface area contributed by atoms with Crippen molar-refractivity contribution in [3.8, 4) is 0 Å². The minimum absolute atomic E-state index is 0.506. The number of anilines is 3. The normalized spacial score (nSPS) is 15.9. The fourth-order valence-corrected chi connectivity index (χ4v) is 4.79. The molecule has 176 valence electrons. The number of aromatic nitrogens is 3. The first kappa shape index (κ1) is 22.5. The van der Waals surface area contributed by atoms with Gasteiger partial charge in [0.05, 0.1) is 0 Å². The molecule has 34 heavy (non-hydrogen) atoms. The quantitative estimate of drug-likeness (QED) is 0.532. The minimum Gasteiger partial charge on any atom is -0.358 e. The number of hydrogen-bond donors (Lipinski definition) is 2. The maximum atomic E-state index is 5.56. The SMILES string of the molecule is S=C(NCc1cccnc1)Nc1nc(N2CCCCCC2)cc(N2CCc3ccccc3C2)n1. The summed E-state index contributed by atoms with van der Waals surface area (Å²) in [7, 11) is 0. The molecule has 4 heterocycles. The van der Waals surface area contributed by atoms with E-state index in [1.807, 2.05) is 18.3 Å². The molecule has 0 amide bonds. The molecule has 2 N–H and O–H groups in total. The highest BCUT2D eigenvalue weighted by molar-refractivity contribution is 7.80. The fourth-order valence-electron chi connectivity index (χ4n) is 4.62. The fraction of sp³-hybridized carbons (Fsp3) is 0.385. The summed E-state index contributed by atoms with van der Waals surface area (Å²) in [4.78, 5) is 18.7. The zero-order valence-electron chi connectivity index (χ0n) is 19.4. The molecular weight excluding hydrogens is 442 g/mol. The first-order valence-electron chi connectivity index (χ1n) is 12.1. The second-order valence-electron chi connectivity index (χ2n) is 8.92. The van der Waals surface area contributed by atoms with E-state index in [1.165, 1.54) is 36.8 Å². The van der Waals surface area contributed by atoms with Gasteiger partial charge in [0.15, 0.2) is 5.11 Å². The molecule has 0 aliphatic carbocycles. The lowest BCUT2D eigenvalue weighted by Gasteiger charge is -2.31. The third kappa shape index (κ3) is 5.62. The number of thiocarbonyl (C=S) groups is 1. The molecule has 1 fully saturated rings. The molecule has 2 aliphatic heterocycles. The van der Waals surface area contributed by atoms with Crippen LogP contribution in [0, 0.1) is 0 Å². The van der Waals surface area contributed by atoms with E-state index in [9.17, 15) is 0 Å². The van der Waals surface area contributed by atoms with Gasteiger partial charge in [-0.15, -0.1) is 0 Å². The highest BCUT2D eigenvalue weighted by Gasteiger charge is 2.21. The van der Waals surface area contributed by atoms with Crippen LogP contribution < -0.4 is 20.4 Å². The molecule has 0 bridgehead atoms. The molecule has 0 atom stereocenters. The molecule has 2 aliphatic rings. The Morgan fingerprint density at radius 1 is 0.882 bits per heavy atom. The van der Waals surface area contributed by atoms with Gasteiger partial charge in [0.25, 0.3) is 0 Å². The van der Waals surface area contributed by atoms with Gasteiger partial charge in [0.2, 0.25) is 5.95 Å². The van der Waals surface area contributed by atoms with Crippen molar-refractivity contribution < 1.29 is 0 Å². The molecule has 2 aromatic heterocycles. The first-order chi connectivity index (χ1) is 16.7. The molecule has 8 heteroatoms. The van der Waals surface area contributed by atoms with Crippen LogP contribution in [0.5, 0.6) is 0 Å². The van der Waals surface area contributed by atoms with Crippen molar-refractivity contribution >= 4 is 34.9 Å². The van der Waals surface area contributed by atoms with Crippen LogP contribution in [0.4, 0.5) is 17.6 Å². The predicted octanol–water partition coefficient (Wildman–Crippen LogP) is 4.30. The summed E-state index contributed by atoms with van der Waals surface area (Å²) < 4.78 is 0. The van der Waals surface area contributed by atoms with Crippen molar-refractivity contribution in [3.63, 3.8) is 0 Å². The van der Waals surface area contributed by atoms with Crippen LogP contribution in [-0.2, 0) is 19.5 Å². The van der Waals surface area contributed by atoms with Crippen molar-refractivity contribution in [1.82, 2.24) is 20.3 Å². The number of fused-ring (bicyclic) bond motifs is 1. The van der Waals surface area contributed by atoms with E-state index >= 15 is 0 Å². The van der Waals surface area contributed by atoms with E-state index in [0.29, 0.717) is 17.6 Å². The molecule has 0 radical (unpaired) electrons. The van der Waals surface area contributed by atoms with Gasteiger partial charge in [0, 0.05) is 51.2 Å². The average Bonchev–Trinajstić information content (AvgIpc) is 3.17. The second-order valence-corrected chi connectivity index (χ2v) is 9.33. The van der Waals surface area contributed by atoms with Crippen molar-refractivity contribution in [2.75, 3.05) is 34.8 Å². The highest BCUT2D eigenvalue weighted by Crippen LogP contribution is 2.28. The molecular formula is C26H31N7S. The van der Waals surface area contributed by atoms with Gasteiger partial charge in [0.1, 0.15) is 11.6 Å². The Hall–Kier alpha value is -3.26. The molecule has 0 unspecified atom stereocenters. The van der Waals surface area contributed by atoms with Crippen LogP contribution in [0.25, 0.3) is 0 Å². The number of rotatable bonds is 5. The summed E-state index contributed by atoms with van der Waals surface area (Å²) in [6, 6.07) is 14.8. The third-order valence-electron chi connectivity index (χ3n) is 6.49. The summed E-state index contributed by atoms with van der Waals surface area (Å²) in [6.07, 6.45) is 9.58. The number of nitrogens with one attached hydrogen (secondary N) is 2. The van der Waals surface area contributed by atoms with E-state index in [1.54, 1.807) is 6.20 Å². The molecule has 7 nitrogen and oxygen atoms in total. The van der Waals surface area contributed by atoms with E-state index in [-0.39, 0.29) is 0 Å². The van der Waals surface area contributed by atoms with Crippen LogP contribution >= 0.6 is 12.2 Å². The van der Waals surface area contributed by atoms with Crippen LogP contribution in [-0.4, -0.2) is 39.7 Å². The number of hydrogen-bond acceptors (Lipinski definition) is 6. The standard InChI is InChI=1S/C26H31N7S/c34-26(28-18-20-8-7-12-27-17-20)31-25-29-23(32-13-5-1-2-6-14-32)16-24(30-25)33-15-11-21-9-3-4-10-22(21)19-33/h3-4,7-10,12,16-17H,1-2,5-6,11,13-15,18-19H2,(H2,28,29,30,31,34). The monoisotopic (exact) mass is 473 g/mol. The number of pyridine rings is 1. The lowest BCUT2D eigenvalue weighted by molar-refractivity contribution is 0.717. The third-order valence-corrected chi connectivity index (χ3v) is 6.73. The second kappa shape index (κ2) is 10.8. The summed E-state index contributed by atoms with van der Waals surface area (Å²) in [6.45, 7) is 4.46. The van der Waals surface area contributed by atoms with Crippen molar-refractivity contribution in [1.29, 1.82) is 0 Å². The summed E-state index contributed by atoms with van der Waals surface area (Å²) in [5.74, 6) is 2.46. The molecule has 5 rings (SSSR count). The van der Waals surface area contributed by atoms with Gasteiger partial charge in [-0.3, -0.25) is 4.98 Å². The van der Waals surface area contributed by atoms with Gasteiger partial charge >= 0.3 is 0 Å². The average molecular weight is 474 g/mol. The Morgan fingerprint density at radius 3 is 2.41 bits per heavy atom. The van der Waals surface area contributed by atoms with Crippen LogP contribution in [0.2, 0.25) is 0 Å².